The summed E-state index contributed by atoms with van der Waals surface area (Å²) in [6, 6.07) is 7.53. The number of rotatable bonds is 8. The van der Waals surface area contributed by atoms with Crippen LogP contribution >= 0.6 is 0 Å². The molecule has 0 saturated carbocycles. The van der Waals surface area contributed by atoms with Crippen molar-refractivity contribution < 1.29 is 14.7 Å². The van der Waals surface area contributed by atoms with E-state index in [-0.39, 0.29) is 18.8 Å². The zero-order chi connectivity index (χ0) is 17.5. The average Bonchev–Trinajstić information content (AvgIpc) is 2.59. The number of carbonyl (C=O) groups is 2. The maximum atomic E-state index is 11.2. The molecule has 8 heteroatoms. The summed E-state index contributed by atoms with van der Waals surface area (Å²) in [5.41, 5.74) is 7.21. The Hall–Kier alpha value is -2.45. The van der Waals surface area contributed by atoms with Gasteiger partial charge >= 0.3 is 5.97 Å². The van der Waals surface area contributed by atoms with Crippen LogP contribution < -0.4 is 16.0 Å². The number of nitrogens with zero attached hydrogens (tertiary/aromatic N) is 2. The normalized spacial score (nSPS) is 16.6. The molecule has 0 spiro atoms. The molecule has 0 amide bonds. The number of benzene rings is 1. The molecule has 1 aliphatic heterocycles. The number of aldehydes is 1. The predicted octanol–water partition coefficient (Wildman–Crippen LogP) is -0.318. The van der Waals surface area contributed by atoms with Gasteiger partial charge in [0.05, 0.1) is 6.42 Å². The Morgan fingerprint density at radius 3 is 2.42 bits per heavy atom. The third kappa shape index (κ3) is 4.77. The zero-order valence-corrected chi connectivity index (χ0v) is 13.4. The monoisotopic (exact) mass is 333 g/mol. The van der Waals surface area contributed by atoms with E-state index in [0.717, 1.165) is 25.1 Å². The number of hydrogen-bond acceptors (Lipinski definition) is 6. The zero-order valence-electron chi connectivity index (χ0n) is 13.4. The van der Waals surface area contributed by atoms with Crippen LogP contribution in [-0.4, -0.2) is 67.0 Å². The molecule has 2 rings (SSSR count). The van der Waals surface area contributed by atoms with Crippen molar-refractivity contribution in [3.63, 3.8) is 0 Å². The Bertz CT molecular complexity index is 582. The van der Waals surface area contributed by atoms with Gasteiger partial charge in [0.25, 0.3) is 0 Å². The number of nitrogen functional groups attached to an aromatic ring is 1. The van der Waals surface area contributed by atoms with E-state index in [0.29, 0.717) is 18.7 Å². The summed E-state index contributed by atoms with van der Waals surface area (Å²) >= 11 is 0. The summed E-state index contributed by atoms with van der Waals surface area (Å²) in [6.45, 7) is 3.22. The van der Waals surface area contributed by atoms with Gasteiger partial charge in [-0.2, -0.15) is 0 Å². The SMILES string of the molecule is N=C(N)c1ccc(N2CCN(C(C=O)NCCC(=O)O)CC2)cc1. The molecule has 1 unspecified atom stereocenters. The van der Waals surface area contributed by atoms with Crippen LogP contribution in [0.25, 0.3) is 0 Å². The molecule has 1 saturated heterocycles. The van der Waals surface area contributed by atoms with Gasteiger partial charge in [-0.05, 0) is 24.3 Å². The highest BCUT2D eigenvalue weighted by atomic mass is 16.4. The van der Waals surface area contributed by atoms with E-state index < -0.39 is 12.1 Å². The number of nitrogens with two attached hydrogens (primary N) is 1. The van der Waals surface area contributed by atoms with Gasteiger partial charge in [-0.1, -0.05) is 0 Å². The molecule has 1 aliphatic rings. The molecular formula is C16H23N5O3. The Kier molecular flexibility index (Phi) is 6.28. The van der Waals surface area contributed by atoms with E-state index in [9.17, 15) is 9.59 Å². The second-order valence-corrected chi connectivity index (χ2v) is 5.66. The second kappa shape index (κ2) is 8.42. The maximum absolute atomic E-state index is 11.2. The van der Waals surface area contributed by atoms with E-state index in [1.165, 1.54) is 0 Å². The van der Waals surface area contributed by atoms with E-state index in [1.807, 2.05) is 29.2 Å². The number of aliphatic carboxylic acids is 1. The molecule has 0 radical (unpaired) electrons. The van der Waals surface area contributed by atoms with Crippen LogP contribution in [0.5, 0.6) is 0 Å². The lowest BCUT2D eigenvalue weighted by atomic mass is 10.1. The van der Waals surface area contributed by atoms with Crippen molar-refractivity contribution in [3.8, 4) is 0 Å². The number of hydrogen-bond donors (Lipinski definition) is 4. The quantitative estimate of drug-likeness (QED) is 0.292. The topological polar surface area (TPSA) is 123 Å². The first-order chi connectivity index (χ1) is 11.5. The van der Waals surface area contributed by atoms with Crippen LogP contribution in [0.1, 0.15) is 12.0 Å². The summed E-state index contributed by atoms with van der Waals surface area (Å²) in [6.07, 6.45) is 0.359. The van der Waals surface area contributed by atoms with E-state index in [2.05, 4.69) is 10.2 Å². The van der Waals surface area contributed by atoms with Gasteiger partial charge in [-0.3, -0.25) is 20.4 Å². The smallest absolute Gasteiger partial charge is 0.304 e. The molecule has 1 heterocycles. The molecule has 130 valence electrons. The number of piperazine rings is 1. The molecule has 5 N–H and O–H groups in total. The minimum atomic E-state index is -0.883. The first kappa shape index (κ1) is 17.9. The molecular weight excluding hydrogens is 310 g/mol. The lowest BCUT2D eigenvalue weighted by Crippen LogP contribution is -2.55. The third-order valence-corrected chi connectivity index (χ3v) is 4.07. The fourth-order valence-electron chi connectivity index (χ4n) is 2.70. The summed E-state index contributed by atoms with van der Waals surface area (Å²) in [7, 11) is 0. The minimum Gasteiger partial charge on any atom is -0.481 e. The number of carboxylic acid groups (broad SMARTS) is 1. The molecule has 0 aliphatic carbocycles. The van der Waals surface area contributed by atoms with Crippen molar-refractivity contribution in [2.75, 3.05) is 37.6 Å². The van der Waals surface area contributed by atoms with Crippen molar-refractivity contribution in [1.29, 1.82) is 5.41 Å². The molecule has 1 aromatic rings. The first-order valence-corrected chi connectivity index (χ1v) is 7.85. The van der Waals surface area contributed by atoms with E-state index in [1.54, 1.807) is 0 Å². The maximum Gasteiger partial charge on any atom is 0.304 e. The molecule has 0 bridgehead atoms. The van der Waals surface area contributed by atoms with Gasteiger partial charge in [-0.15, -0.1) is 0 Å². The number of anilines is 1. The van der Waals surface area contributed by atoms with Gasteiger partial charge < -0.3 is 20.5 Å². The van der Waals surface area contributed by atoms with Gasteiger partial charge in [-0.25, -0.2) is 0 Å². The second-order valence-electron chi connectivity index (χ2n) is 5.66. The molecule has 8 nitrogen and oxygen atoms in total. The van der Waals surface area contributed by atoms with Crippen molar-refractivity contribution in [2.45, 2.75) is 12.6 Å². The van der Waals surface area contributed by atoms with Crippen LogP contribution in [0.2, 0.25) is 0 Å². The molecule has 0 aromatic heterocycles. The highest BCUT2D eigenvalue weighted by molar-refractivity contribution is 5.95. The largest absolute Gasteiger partial charge is 0.481 e. The lowest BCUT2D eigenvalue weighted by Gasteiger charge is -2.38. The van der Waals surface area contributed by atoms with Crippen molar-refractivity contribution in [1.82, 2.24) is 10.2 Å². The Balaban J connectivity index is 1.86. The van der Waals surface area contributed by atoms with Crippen LogP contribution in [-0.2, 0) is 9.59 Å². The Morgan fingerprint density at radius 2 is 1.92 bits per heavy atom. The van der Waals surface area contributed by atoms with E-state index in [4.69, 9.17) is 16.2 Å². The number of carboxylic acids is 1. The predicted molar refractivity (Wildman–Crippen MR) is 91.4 cm³/mol. The number of carbonyl (C=O) groups excluding carboxylic acids is 1. The summed E-state index contributed by atoms with van der Waals surface area (Å²) < 4.78 is 0. The van der Waals surface area contributed by atoms with E-state index >= 15 is 0 Å². The van der Waals surface area contributed by atoms with Crippen LogP contribution in [0.3, 0.4) is 0 Å². The summed E-state index contributed by atoms with van der Waals surface area (Å²) in [5, 5.41) is 19.0. The highest BCUT2D eigenvalue weighted by Gasteiger charge is 2.23. The third-order valence-electron chi connectivity index (χ3n) is 4.07. The summed E-state index contributed by atoms with van der Waals surface area (Å²) in [5.74, 6) is -0.835. The molecule has 1 aromatic carbocycles. The Morgan fingerprint density at radius 1 is 1.29 bits per heavy atom. The fourth-order valence-corrected chi connectivity index (χ4v) is 2.70. The molecule has 1 atom stereocenters. The van der Waals surface area contributed by atoms with Gasteiger partial charge in [0.2, 0.25) is 0 Å². The highest BCUT2D eigenvalue weighted by Crippen LogP contribution is 2.17. The molecule has 24 heavy (non-hydrogen) atoms. The van der Waals surface area contributed by atoms with Crippen molar-refractivity contribution >= 4 is 23.8 Å². The van der Waals surface area contributed by atoms with Gasteiger partial charge in [0, 0.05) is 44.0 Å². The first-order valence-electron chi connectivity index (χ1n) is 7.85. The van der Waals surface area contributed by atoms with Crippen LogP contribution in [0.4, 0.5) is 5.69 Å². The Labute approximate surface area is 140 Å². The fraction of sp³-hybridized carbons (Fsp3) is 0.438. The van der Waals surface area contributed by atoms with Gasteiger partial charge in [0.15, 0.2) is 6.29 Å². The number of amidine groups is 1. The lowest BCUT2D eigenvalue weighted by molar-refractivity contribution is -0.137. The van der Waals surface area contributed by atoms with Crippen LogP contribution in [0, 0.1) is 5.41 Å². The standard InChI is InChI=1S/C16H23N5O3/c17-16(18)12-1-3-13(4-2-12)20-7-9-21(10-8-20)14(11-22)19-6-5-15(23)24/h1-4,11,14,19H,5-10H2,(H3,17,18)(H,23,24). The van der Waals surface area contributed by atoms with Crippen molar-refractivity contribution in [2.24, 2.45) is 5.73 Å². The minimum absolute atomic E-state index is 0.00714. The number of nitrogens with one attached hydrogen (secondary N) is 2. The van der Waals surface area contributed by atoms with Gasteiger partial charge in [0.1, 0.15) is 12.0 Å². The average molecular weight is 333 g/mol. The summed E-state index contributed by atoms with van der Waals surface area (Å²) in [4.78, 5) is 26.0. The van der Waals surface area contributed by atoms with Crippen molar-refractivity contribution in [3.05, 3.63) is 29.8 Å². The van der Waals surface area contributed by atoms with Crippen LogP contribution in [0.15, 0.2) is 24.3 Å². The molecule has 1 fully saturated rings.